The van der Waals surface area contributed by atoms with E-state index in [-0.39, 0.29) is 18.3 Å². The van der Waals surface area contributed by atoms with E-state index >= 15 is 0 Å². The highest BCUT2D eigenvalue weighted by atomic mass is 32.2. The van der Waals surface area contributed by atoms with E-state index in [9.17, 15) is 9.59 Å². The lowest BCUT2D eigenvalue weighted by atomic mass is 10.2. The molecule has 0 unspecified atom stereocenters. The summed E-state index contributed by atoms with van der Waals surface area (Å²) in [6, 6.07) is 14.4. The summed E-state index contributed by atoms with van der Waals surface area (Å²) in [7, 11) is 1.83. The van der Waals surface area contributed by atoms with Gasteiger partial charge < -0.3 is 19.4 Å². The van der Waals surface area contributed by atoms with Crippen LogP contribution in [0.1, 0.15) is 28.7 Å². The Labute approximate surface area is 185 Å². The summed E-state index contributed by atoms with van der Waals surface area (Å²) in [5, 5.41) is 11.7. The highest BCUT2D eigenvalue weighted by Crippen LogP contribution is 2.20. The molecule has 0 spiro atoms. The molecule has 31 heavy (non-hydrogen) atoms. The Balaban J connectivity index is 1.53. The number of para-hydroxylation sites is 1. The molecule has 9 heteroatoms. The number of amides is 1. The standard InChI is InChI=1S/C22H24N4O4S/c1-4-29-21(28)16-9-7-10-17(12-16)23-20(27)14-31-22-25-24-19(26(22)3)13-30-18-11-6-5-8-15(18)2/h5-12H,4,13-14H2,1-3H3,(H,23,27). The van der Waals surface area contributed by atoms with Crippen LogP contribution in [0.5, 0.6) is 5.75 Å². The molecule has 162 valence electrons. The van der Waals surface area contributed by atoms with Crippen LogP contribution >= 0.6 is 11.8 Å². The number of esters is 1. The first kappa shape index (κ1) is 22.4. The van der Waals surface area contributed by atoms with E-state index in [4.69, 9.17) is 9.47 Å². The number of carbonyl (C=O) groups excluding carboxylic acids is 2. The number of thioether (sulfide) groups is 1. The normalized spacial score (nSPS) is 10.5. The number of hydrogen-bond donors (Lipinski definition) is 1. The summed E-state index contributed by atoms with van der Waals surface area (Å²) in [5.74, 6) is 0.963. The van der Waals surface area contributed by atoms with Crippen LogP contribution in [-0.4, -0.2) is 39.0 Å². The summed E-state index contributed by atoms with van der Waals surface area (Å²) in [4.78, 5) is 24.2. The lowest BCUT2D eigenvalue weighted by Gasteiger charge is -2.09. The maximum absolute atomic E-state index is 12.3. The van der Waals surface area contributed by atoms with Gasteiger partial charge in [0.1, 0.15) is 12.4 Å². The molecule has 3 aromatic rings. The topological polar surface area (TPSA) is 95.3 Å². The van der Waals surface area contributed by atoms with E-state index in [2.05, 4.69) is 15.5 Å². The molecule has 1 heterocycles. The van der Waals surface area contributed by atoms with Crippen molar-refractivity contribution in [1.82, 2.24) is 14.8 Å². The summed E-state index contributed by atoms with van der Waals surface area (Å²) in [6.45, 7) is 4.30. The maximum Gasteiger partial charge on any atom is 0.338 e. The highest BCUT2D eigenvalue weighted by Gasteiger charge is 2.13. The number of aryl methyl sites for hydroxylation is 1. The van der Waals surface area contributed by atoms with Gasteiger partial charge in [0.15, 0.2) is 11.0 Å². The van der Waals surface area contributed by atoms with Crippen molar-refractivity contribution in [2.24, 2.45) is 7.05 Å². The third-order valence-electron chi connectivity index (χ3n) is 4.37. The Kier molecular flexibility index (Phi) is 7.66. The number of rotatable bonds is 9. The van der Waals surface area contributed by atoms with Crippen LogP contribution in [0.2, 0.25) is 0 Å². The van der Waals surface area contributed by atoms with Gasteiger partial charge in [-0.1, -0.05) is 36.0 Å². The zero-order valence-corrected chi connectivity index (χ0v) is 18.4. The van der Waals surface area contributed by atoms with Gasteiger partial charge >= 0.3 is 5.97 Å². The molecular weight excluding hydrogens is 416 g/mol. The molecule has 0 fully saturated rings. The Bertz CT molecular complexity index is 1070. The van der Waals surface area contributed by atoms with Crippen LogP contribution in [0.3, 0.4) is 0 Å². The minimum atomic E-state index is -0.424. The van der Waals surface area contributed by atoms with Gasteiger partial charge in [-0.3, -0.25) is 4.79 Å². The van der Waals surface area contributed by atoms with E-state index in [1.54, 1.807) is 35.8 Å². The lowest BCUT2D eigenvalue weighted by Crippen LogP contribution is -2.15. The van der Waals surface area contributed by atoms with Crippen molar-refractivity contribution >= 4 is 29.3 Å². The van der Waals surface area contributed by atoms with Crippen molar-refractivity contribution in [2.45, 2.75) is 25.6 Å². The summed E-state index contributed by atoms with van der Waals surface area (Å²) in [5.41, 5.74) is 1.96. The number of nitrogens with zero attached hydrogens (tertiary/aromatic N) is 3. The fourth-order valence-electron chi connectivity index (χ4n) is 2.72. The number of nitrogens with one attached hydrogen (secondary N) is 1. The molecule has 2 aromatic carbocycles. The van der Waals surface area contributed by atoms with Gasteiger partial charge in [0.25, 0.3) is 0 Å². The van der Waals surface area contributed by atoms with Crippen LogP contribution < -0.4 is 10.1 Å². The minimum Gasteiger partial charge on any atom is -0.485 e. The predicted octanol–water partition coefficient (Wildman–Crippen LogP) is 3.61. The quantitative estimate of drug-likeness (QED) is 0.401. The molecule has 0 radical (unpaired) electrons. The molecule has 0 saturated heterocycles. The van der Waals surface area contributed by atoms with Gasteiger partial charge in [0.05, 0.1) is 17.9 Å². The molecule has 0 saturated carbocycles. The van der Waals surface area contributed by atoms with Gasteiger partial charge in [0.2, 0.25) is 5.91 Å². The fourth-order valence-corrected chi connectivity index (χ4v) is 3.45. The number of anilines is 1. The molecule has 1 N–H and O–H groups in total. The Morgan fingerprint density at radius 2 is 1.94 bits per heavy atom. The van der Waals surface area contributed by atoms with Crippen LogP contribution in [0.4, 0.5) is 5.69 Å². The molecule has 3 rings (SSSR count). The molecule has 0 atom stereocenters. The second kappa shape index (κ2) is 10.6. The van der Waals surface area contributed by atoms with Gasteiger partial charge in [-0.05, 0) is 43.7 Å². The van der Waals surface area contributed by atoms with Crippen LogP contribution in [0, 0.1) is 6.92 Å². The zero-order valence-electron chi connectivity index (χ0n) is 17.6. The van der Waals surface area contributed by atoms with E-state index in [1.165, 1.54) is 11.8 Å². The third-order valence-corrected chi connectivity index (χ3v) is 5.39. The number of hydrogen-bond acceptors (Lipinski definition) is 7. The van der Waals surface area contributed by atoms with Crippen LogP contribution in [0.25, 0.3) is 0 Å². The molecule has 0 bridgehead atoms. The Hall–Kier alpha value is -3.33. The summed E-state index contributed by atoms with van der Waals surface area (Å²) >= 11 is 1.27. The SMILES string of the molecule is CCOC(=O)c1cccc(NC(=O)CSc2nnc(COc3ccccc3C)n2C)c1. The van der Waals surface area contributed by atoms with Crippen molar-refractivity contribution in [1.29, 1.82) is 0 Å². The van der Waals surface area contributed by atoms with E-state index in [0.29, 0.717) is 28.8 Å². The number of aromatic nitrogens is 3. The van der Waals surface area contributed by atoms with Crippen LogP contribution in [0.15, 0.2) is 53.7 Å². The van der Waals surface area contributed by atoms with Gasteiger partial charge in [-0.15, -0.1) is 10.2 Å². The molecule has 1 aromatic heterocycles. The molecule has 8 nitrogen and oxygen atoms in total. The highest BCUT2D eigenvalue weighted by molar-refractivity contribution is 7.99. The van der Waals surface area contributed by atoms with E-state index in [1.807, 2.05) is 38.2 Å². The van der Waals surface area contributed by atoms with Crippen molar-refractivity contribution in [3.05, 3.63) is 65.5 Å². The average molecular weight is 441 g/mol. The van der Waals surface area contributed by atoms with Crippen molar-refractivity contribution < 1.29 is 19.1 Å². The first-order chi connectivity index (χ1) is 15.0. The Morgan fingerprint density at radius 1 is 1.13 bits per heavy atom. The van der Waals surface area contributed by atoms with Crippen molar-refractivity contribution in [3.63, 3.8) is 0 Å². The number of carbonyl (C=O) groups is 2. The largest absolute Gasteiger partial charge is 0.485 e. The minimum absolute atomic E-state index is 0.147. The molecule has 0 aliphatic rings. The summed E-state index contributed by atoms with van der Waals surface area (Å²) < 4.78 is 12.6. The van der Waals surface area contributed by atoms with E-state index < -0.39 is 5.97 Å². The molecular formula is C22H24N4O4S. The number of benzene rings is 2. The third kappa shape index (κ3) is 6.08. The first-order valence-electron chi connectivity index (χ1n) is 9.74. The average Bonchev–Trinajstić information content (AvgIpc) is 3.11. The van der Waals surface area contributed by atoms with Crippen molar-refractivity contribution in [2.75, 3.05) is 17.7 Å². The van der Waals surface area contributed by atoms with Gasteiger partial charge in [-0.25, -0.2) is 4.79 Å². The lowest BCUT2D eigenvalue weighted by molar-refractivity contribution is -0.113. The van der Waals surface area contributed by atoms with Gasteiger partial charge in [0, 0.05) is 12.7 Å². The van der Waals surface area contributed by atoms with Gasteiger partial charge in [-0.2, -0.15) is 0 Å². The predicted molar refractivity (Wildman–Crippen MR) is 118 cm³/mol. The monoisotopic (exact) mass is 440 g/mol. The second-order valence-electron chi connectivity index (χ2n) is 6.65. The molecule has 0 aliphatic heterocycles. The smallest absolute Gasteiger partial charge is 0.338 e. The molecule has 0 aliphatic carbocycles. The summed E-state index contributed by atoms with van der Waals surface area (Å²) in [6.07, 6.45) is 0. The molecule has 1 amide bonds. The maximum atomic E-state index is 12.3. The van der Waals surface area contributed by atoms with Crippen LogP contribution in [-0.2, 0) is 23.2 Å². The zero-order chi connectivity index (χ0) is 22.2. The van der Waals surface area contributed by atoms with Crippen molar-refractivity contribution in [3.8, 4) is 5.75 Å². The number of ether oxygens (including phenoxy) is 2. The van der Waals surface area contributed by atoms with E-state index in [0.717, 1.165) is 11.3 Å². The Morgan fingerprint density at radius 3 is 2.71 bits per heavy atom. The second-order valence-corrected chi connectivity index (χ2v) is 7.59. The fraction of sp³-hybridized carbons (Fsp3) is 0.273. The first-order valence-corrected chi connectivity index (χ1v) is 10.7.